The predicted octanol–water partition coefficient (Wildman–Crippen LogP) is 2.86. The second kappa shape index (κ2) is 7.87. The molecule has 0 spiro atoms. The standard InChI is InChI=1S/C22H19ClF2N4O4/c23-15-2-1-12(3-17(15)25)32-7-19(30)27-21-9-22(10-21,11-21)28-20(31)8-33-13-4-16(24)14-6-26-29-18(14)5-13/h1-6H,7-11H2,(H,26,29)(H,27,30)(H,28,31). The molecule has 0 saturated heterocycles. The summed E-state index contributed by atoms with van der Waals surface area (Å²) in [5.41, 5.74) is -0.256. The van der Waals surface area contributed by atoms with E-state index < -0.39 is 11.6 Å². The van der Waals surface area contributed by atoms with Crippen LogP contribution in [0.3, 0.4) is 0 Å². The van der Waals surface area contributed by atoms with E-state index >= 15 is 0 Å². The van der Waals surface area contributed by atoms with Crippen LogP contribution < -0.4 is 20.1 Å². The number of aromatic nitrogens is 2. The Morgan fingerprint density at radius 1 is 0.970 bits per heavy atom. The molecule has 3 aliphatic carbocycles. The Kier molecular flexibility index (Phi) is 5.12. The van der Waals surface area contributed by atoms with E-state index in [9.17, 15) is 18.4 Å². The van der Waals surface area contributed by atoms with Gasteiger partial charge in [0, 0.05) is 29.3 Å². The zero-order valence-corrected chi connectivity index (χ0v) is 18.0. The van der Waals surface area contributed by atoms with Crippen LogP contribution in [-0.4, -0.2) is 46.3 Å². The number of amides is 2. The fraction of sp³-hybridized carbons (Fsp3) is 0.318. The van der Waals surface area contributed by atoms with Crippen molar-refractivity contribution in [1.29, 1.82) is 0 Å². The van der Waals surface area contributed by atoms with E-state index in [0.717, 1.165) is 6.07 Å². The van der Waals surface area contributed by atoms with Crippen molar-refractivity contribution in [2.75, 3.05) is 13.2 Å². The van der Waals surface area contributed by atoms with Gasteiger partial charge >= 0.3 is 0 Å². The Hall–Kier alpha value is -3.40. The van der Waals surface area contributed by atoms with Crippen molar-refractivity contribution < 1.29 is 27.8 Å². The fourth-order valence-corrected chi connectivity index (χ4v) is 4.77. The molecular formula is C22H19ClF2N4O4. The zero-order chi connectivity index (χ0) is 23.2. The fourth-order valence-electron chi connectivity index (χ4n) is 4.65. The van der Waals surface area contributed by atoms with Gasteiger partial charge in [-0.2, -0.15) is 5.10 Å². The third kappa shape index (κ3) is 4.18. The summed E-state index contributed by atoms with van der Waals surface area (Å²) in [4.78, 5) is 24.5. The minimum Gasteiger partial charge on any atom is -0.484 e. The van der Waals surface area contributed by atoms with Crippen molar-refractivity contribution in [3.8, 4) is 11.5 Å². The van der Waals surface area contributed by atoms with Gasteiger partial charge in [-0.15, -0.1) is 0 Å². The summed E-state index contributed by atoms with van der Waals surface area (Å²) < 4.78 is 38.1. The van der Waals surface area contributed by atoms with E-state index in [2.05, 4.69) is 20.8 Å². The number of fused-ring (bicyclic) bond motifs is 1. The maximum absolute atomic E-state index is 14.0. The monoisotopic (exact) mass is 476 g/mol. The van der Waals surface area contributed by atoms with Crippen LogP contribution in [0.15, 0.2) is 36.5 Å². The van der Waals surface area contributed by atoms with Crippen LogP contribution in [0.4, 0.5) is 8.78 Å². The number of carbonyl (C=O) groups is 2. The van der Waals surface area contributed by atoms with Crippen molar-refractivity contribution in [2.24, 2.45) is 0 Å². The van der Waals surface area contributed by atoms with Crippen LogP contribution in [0.1, 0.15) is 19.3 Å². The number of hydrogen-bond donors (Lipinski definition) is 3. The molecule has 3 fully saturated rings. The van der Waals surface area contributed by atoms with Gasteiger partial charge in [0.05, 0.1) is 22.1 Å². The lowest BCUT2D eigenvalue weighted by molar-refractivity contribution is -0.151. The lowest BCUT2D eigenvalue weighted by atomic mass is 9.44. The van der Waals surface area contributed by atoms with E-state index in [4.69, 9.17) is 21.1 Å². The van der Waals surface area contributed by atoms with Crippen LogP contribution in [0, 0.1) is 11.6 Å². The molecule has 33 heavy (non-hydrogen) atoms. The van der Waals surface area contributed by atoms with E-state index in [1.165, 1.54) is 24.4 Å². The molecular weight excluding hydrogens is 458 g/mol. The SMILES string of the molecule is O=C(COc1ccc(Cl)c(F)c1)NC12CC(NC(=O)COc3cc(F)c4cn[nH]c4c3)(C1)C2. The minimum atomic E-state index is -0.623. The second-order valence-corrected chi connectivity index (χ2v) is 8.98. The van der Waals surface area contributed by atoms with Gasteiger partial charge in [0.2, 0.25) is 0 Å². The average Bonchev–Trinajstić information content (AvgIpc) is 3.20. The van der Waals surface area contributed by atoms with Gasteiger partial charge in [-0.25, -0.2) is 8.78 Å². The lowest BCUT2D eigenvalue weighted by Gasteiger charge is -2.70. The number of benzene rings is 2. The molecule has 3 N–H and O–H groups in total. The van der Waals surface area contributed by atoms with E-state index in [-0.39, 0.29) is 52.6 Å². The first kappa shape index (κ1) is 21.4. The molecule has 6 rings (SSSR count). The third-order valence-corrected chi connectivity index (χ3v) is 6.26. The molecule has 2 amide bonds. The molecule has 172 valence electrons. The molecule has 3 aromatic rings. The summed E-state index contributed by atoms with van der Waals surface area (Å²) in [6.45, 7) is -0.515. The van der Waals surface area contributed by atoms with Crippen LogP contribution in [0.5, 0.6) is 11.5 Å². The number of ether oxygens (including phenoxy) is 2. The van der Waals surface area contributed by atoms with Gasteiger partial charge in [-0.05, 0) is 31.4 Å². The first-order chi connectivity index (χ1) is 15.7. The molecule has 2 aromatic carbocycles. The Labute approximate surface area is 191 Å². The molecule has 8 nitrogen and oxygen atoms in total. The highest BCUT2D eigenvalue weighted by molar-refractivity contribution is 6.30. The summed E-state index contributed by atoms with van der Waals surface area (Å²) in [5, 5.41) is 12.6. The van der Waals surface area contributed by atoms with Crippen molar-refractivity contribution in [1.82, 2.24) is 20.8 Å². The van der Waals surface area contributed by atoms with Crippen molar-refractivity contribution in [2.45, 2.75) is 30.3 Å². The molecule has 0 radical (unpaired) electrons. The normalized spacial score (nSPS) is 22.8. The van der Waals surface area contributed by atoms with Crippen molar-refractivity contribution >= 4 is 34.3 Å². The van der Waals surface area contributed by atoms with Crippen molar-refractivity contribution in [3.63, 3.8) is 0 Å². The average molecular weight is 477 g/mol. The van der Waals surface area contributed by atoms with Crippen LogP contribution in [0.25, 0.3) is 10.9 Å². The molecule has 1 heterocycles. The summed E-state index contributed by atoms with van der Waals surface area (Å²) in [6, 6.07) is 6.73. The number of carbonyl (C=O) groups excluding carboxylic acids is 2. The molecule has 0 unspecified atom stereocenters. The number of hydrogen-bond acceptors (Lipinski definition) is 5. The maximum Gasteiger partial charge on any atom is 0.258 e. The number of rotatable bonds is 8. The summed E-state index contributed by atoms with van der Waals surface area (Å²) in [5.74, 6) is -1.33. The smallest absolute Gasteiger partial charge is 0.258 e. The topological polar surface area (TPSA) is 105 Å². The van der Waals surface area contributed by atoms with Crippen LogP contribution >= 0.6 is 11.6 Å². The van der Waals surface area contributed by atoms with E-state index in [1.54, 1.807) is 6.07 Å². The van der Waals surface area contributed by atoms with Gasteiger partial charge in [0.15, 0.2) is 13.2 Å². The summed E-state index contributed by atoms with van der Waals surface area (Å²) in [7, 11) is 0. The Morgan fingerprint density at radius 3 is 2.21 bits per heavy atom. The highest BCUT2D eigenvalue weighted by atomic mass is 35.5. The Morgan fingerprint density at radius 2 is 1.58 bits per heavy atom. The van der Waals surface area contributed by atoms with E-state index in [1.807, 2.05) is 0 Å². The number of aromatic amines is 1. The minimum absolute atomic E-state index is 0.0236. The largest absolute Gasteiger partial charge is 0.484 e. The first-order valence-electron chi connectivity index (χ1n) is 10.2. The van der Waals surface area contributed by atoms with Gasteiger partial charge in [0.25, 0.3) is 11.8 Å². The highest BCUT2D eigenvalue weighted by Gasteiger charge is 2.69. The van der Waals surface area contributed by atoms with Crippen LogP contribution in [0.2, 0.25) is 5.02 Å². The maximum atomic E-state index is 14.0. The zero-order valence-electron chi connectivity index (χ0n) is 17.2. The predicted molar refractivity (Wildman–Crippen MR) is 114 cm³/mol. The van der Waals surface area contributed by atoms with Gasteiger partial charge < -0.3 is 20.1 Å². The highest BCUT2D eigenvalue weighted by Crippen LogP contribution is 2.60. The molecule has 0 aliphatic heterocycles. The van der Waals surface area contributed by atoms with Gasteiger partial charge in [-0.3, -0.25) is 14.7 Å². The quantitative estimate of drug-likeness (QED) is 0.463. The summed E-state index contributed by atoms with van der Waals surface area (Å²) >= 11 is 5.62. The molecule has 3 saturated carbocycles. The molecule has 3 aliphatic rings. The Balaban J connectivity index is 1.05. The third-order valence-electron chi connectivity index (χ3n) is 5.95. The number of nitrogens with zero attached hydrogens (tertiary/aromatic N) is 1. The first-order valence-corrected chi connectivity index (χ1v) is 10.6. The lowest BCUT2D eigenvalue weighted by Crippen LogP contribution is -2.84. The second-order valence-electron chi connectivity index (χ2n) is 8.58. The molecule has 1 aromatic heterocycles. The molecule has 0 atom stereocenters. The van der Waals surface area contributed by atoms with E-state index in [0.29, 0.717) is 30.2 Å². The number of halogens is 3. The number of H-pyrrole nitrogens is 1. The molecule has 2 bridgehead atoms. The van der Waals surface area contributed by atoms with Crippen LogP contribution in [-0.2, 0) is 9.59 Å². The summed E-state index contributed by atoms with van der Waals surface area (Å²) in [6.07, 6.45) is 3.17. The number of nitrogens with one attached hydrogen (secondary N) is 3. The van der Waals surface area contributed by atoms with Gasteiger partial charge in [0.1, 0.15) is 23.1 Å². The molecule has 11 heteroatoms. The van der Waals surface area contributed by atoms with Crippen molar-refractivity contribution in [3.05, 3.63) is 53.2 Å². The van der Waals surface area contributed by atoms with Gasteiger partial charge in [-0.1, -0.05) is 11.6 Å². The Bertz CT molecular complexity index is 1240.